The Morgan fingerprint density at radius 3 is 2.48 bits per heavy atom. The van der Waals surface area contributed by atoms with Crippen molar-refractivity contribution in [3.8, 4) is 0 Å². The number of hydrogen-bond acceptors (Lipinski definition) is 3. The summed E-state index contributed by atoms with van der Waals surface area (Å²) in [5.74, 6) is -0.507. The maximum absolute atomic E-state index is 13.0. The average molecular weight is 371 g/mol. The van der Waals surface area contributed by atoms with E-state index in [9.17, 15) is 14.4 Å². The molecule has 0 radical (unpaired) electrons. The van der Waals surface area contributed by atoms with Gasteiger partial charge in [-0.25, -0.2) is 4.79 Å². The van der Waals surface area contributed by atoms with Gasteiger partial charge in [-0.05, 0) is 42.7 Å². The number of nitrogens with zero attached hydrogens (tertiary/aromatic N) is 1. The van der Waals surface area contributed by atoms with E-state index >= 15 is 0 Å². The molecular formula is C21H29N3O3. The van der Waals surface area contributed by atoms with Gasteiger partial charge in [0.05, 0.1) is 0 Å². The molecule has 1 aliphatic heterocycles. The largest absolute Gasteiger partial charge is 0.325 e. The fourth-order valence-electron chi connectivity index (χ4n) is 4.36. The average Bonchev–Trinajstić information content (AvgIpc) is 2.89. The smallest absolute Gasteiger partial charge is 0.324 e. The summed E-state index contributed by atoms with van der Waals surface area (Å²) in [7, 11) is 0. The fraction of sp³-hybridized carbons (Fsp3) is 0.571. The summed E-state index contributed by atoms with van der Waals surface area (Å²) in [6.07, 6.45) is 5.14. The van der Waals surface area contributed by atoms with Crippen LogP contribution in [0.5, 0.6) is 0 Å². The van der Waals surface area contributed by atoms with Crippen molar-refractivity contribution in [3.63, 3.8) is 0 Å². The molecule has 2 fully saturated rings. The number of carbonyl (C=O) groups excluding carboxylic acids is 3. The molecule has 2 unspecified atom stereocenters. The number of para-hydroxylation sites is 1. The number of aryl methyl sites for hydroxylation is 2. The Labute approximate surface area is 160 Å². The van der Waals surface area contributed by atoms with Gasteiger partial charge >= 0.3 is 6.03 Å². The number of amides is 4. The summed E-state index contributed by atoms with van der Waals surface area (Å²) in [6.45, 7) is 5.83. The molecule has 1 aromatic carbocycles. The number of carbonyl (C=O) groups is 3. The molecular weight excluding hydrogens is 342 g/mol. The van der Waals surface area contributed by atoms with Crippen molar-refractivity contribution in [1.82, 2.24) is 10.2 Å². The van der Waals surface area contributed by atoms with Gasteiger partial charge in [-0.2, -0.15) is 0 Å². The highest BCUT2D eigenvalue weighted by atomic mass is 16.2. The highest BCUT2D eigenvalue weighted by molar-refractivity contribution is 6.10. The minimum absolute atomic E-state index is 0.0864. The van der Waals surface area contributed by atoms with Crippen molar-refractivity contribution in [1.29, 1.82) is 0 Å². The standard InChI is InChI=1S/C21H29N3O3/c1-4-15-10-8-11-16(5-2)18(15)22-17(25)13-24-19(26)21(23-20(24)27)12-7-6-9-14(21)3/h8,10-11,14H,4-7,9,12-13H2,1-3H3,(H,22,25)(H,23,27). The van der Waals surface area contributed by atoms with Crippen LogP contribution in [0.15, 0.2) is 18.2 Å². The van der Waals surface area contributed by atoms with Crippen molar-refractivity contribution >= 4 is 23.5 Å². The van der Waals surface area contributed by atoms with Crippen LogP contribution in [-0.4, -0.2) is 34.8 Å². The van der Waals surface area contributed by atoms with Gasteiger partial charge in [0.25, 0.3) is 5.91 Å². The lowest BCUT2D eigenvalue weighted by Gasteiger charge is -2.36. The van der Waals surface area contributed by atoms with E-state index in [2.05, 4.69) is 10.6 Å². The zero-order valence-electron chi connectivity index (χ0n) is 16.4. The van der Waals surface area contributed by atoms with Crippen LogP contribution in [-0.2, 0) is 22.4 Å². The molecule has 3 rings (SSSR count). The van der Waals surface area contributed by atoms with Gasteiger partial charge in [-0.1, -0.05) is 51.8 Å². The molecule has 2 atom stereocenters. The van der Waals surface area contributed by atoms with Crippen LogP contribution < -0.4 is 10.6 Å². The van der Waals surface area contributed by atoms with Crippen LogP contribution in [0.3, 0.4) is 0 Å². The third-order valence-corrected chi connectivity index (χ3v) is 6.07. The molecule has 4 amide bonds. The molecule has 2 N–H and O–H groups in total. The Balaban J connectivity index is 1.75. The molecule has 6 heteroatoms. The van der Waals surface area contributed by atoms with Gasteiger partial charge in [-0.15, -0.1) is 0 Å². The summed E-state index contributed by atoms with van der Waals surface area (Å²) in [4.78, 5) is 39.2. The first-order valence-electron chi connectivity index (χ1n) is 9.97. The summed E-state index contributed by atoms with van der Waals surface area (Å²) in [5, 5.41) is 5.83. The highest BCUT2D eigenvalue weighted by Crippen LogP contribution is 2.38. The van der Waals surface area contributed by atoms with Gasteiger partial charge in [0.2, 0.25) is 5.91 Å². The third kappa shape index (κ3) is 3.45. The van der Waals surface area contributed by atoms with Crippen LogP contribution in [0.25, 0.3) is 0 Å². The highest BCUT2D eigenvalue weighted by Gasteiger charge is 2.55. The number of nitrogens with one attached hydrogen (secondary N) is 2. The zero-order valence-corrected chi connectivity index (χ0v) is 16.4. The molecule has 1 aliphatic carbocycles. The molecule has 2 aliphatic rings. The lowest BCUT2D eigenvalue weighted by molar-refractivity contribution is -0.136. The second kappa shape index (κ2) is 7.71. The quantitative estimate of drug-likeness (QED) is 0.780. The predicted octanol–water partition coefficient (Wildman–Crippen LogP) is 3.25. The first-order chi connectivity index (χ1) is 12.9. The first-order valence-corrected chi connectivity index (χ1v) is 9.97. The maximum Gasteiger partial charge on any atom is 0.325 e. The van der Waals surface area contributed by atoms with Crippen LogP contribution in [0.4, 0.5) is 10.5 Å². The molecule has 1 aromatic rings. The van der Waals surface area contributed by atoms with E-state index in [1.54, 1.807) is 0 Å². The van der Waals surface area contributed by atoms with E-state index in [4.69, 9.17) is 0 Å². The Bertz CT molecular complexity index is 739. The summed E-state index contributed by atoms with van der Waals surface area (Å²) >= 11 is 0. The number of benzene rings is 1. The Morgan fingerprint density at radius 2 is 1.89 bits per heavy atom. The molecule has 6 nitrogen and oxygen atoms in total. The molecule has 0 bridgehead atoms. The van der Waals surface area contributed by atoms with Crippen molar-refractivity contribution < 1.29 is 14.4 Å². The van der Waals surface area contributed by atoms with Crippen molar-refractivity contribution in [2.24, 2.45) is 5.92 Å². The van der Waals surface area contributed by atoms with E-state index in [1.165, 1.54) is 0 Å². The lowest BCUT2D eigenvalue weighted by atomic mass is 9.73. The molecule has 146 valence electrons. The Kier molecular flexibility index (Phi) is 5.53. The molecule has 1 spiro atoms. The van der Waals surface area contributed by atoms with E-state index in [0.29, 0.717) is 6.42 Å². The first kappa shape index (κ1) is 19.4. The van der Waals surface area contributed by atoms with Gasteiger partial charge in [0, 0.05) is 5.69 Å². The predicted molar refractivity (Wildman–Crippen MR) is 104 cm³/mol. The minimum atomic E-state index is -0.828. The van der Waals surface area contributed by atoms with Crippen molar-refractivity contribution in [2.75, 3.05) is 11.9 Å². The van der Waals surface area contributed by atoms with Crippen LogP contribution in [0.2, 0.25) is 0 Å². The fourth-order valence-corrected chi connectivity index (χ4v) is 4.36. The number of anilines is 1. The monoisotopic (exact) mass is 371 g/mol. The summed E-state index contributed by atoms with van der Waals surface area (Å²) in [5.41, 5.74) is 2.08. The summed E-state index contributed by atoms with van der Waals surface area (Å²) < 4.78 is 0. The van der Waals surface area contributed by atoms with Crippen LogP contribution in [0, 0.1) is 5.92 Å². The van der Waals surface area contributed by atoms with Gasteiger partial charge in [0.1, 0.15) is 12.1 Å². The van der Waals surface area contributed by atoms with E-state index in [0.717, 1.165) is 53.8 Å². The van der Waals surface area contributed by atoms with Gasteiger partial charge < -0.3 is 10.6 Å². The maximum atomic E-state index is 13.0. The minimum Gasteiger partial charge on any atom is -0.324 e. The third-order valence-electron chi connectivity index (χ3n) is 6.07. The Morgan fingerprint density at radius 1 is 1.22 bits per heavy atom. The van der Waals surface area contributed by atoms with Gasteiger partial charge in [-0.3, -0.25) is 14.5 Å². The molecule has 0 aromatic heterocycles. The Hall–Kier alpha value is -2.37. The van der Waals surface area contributed by atoms with E-state index < -0.39 is 11.6 Å². The SMILES string of the molecule is CCc1cccc(CC)c1NC(=O)CN1C(=O)NC2(CCCCC2C)C1=O. The van der Waals surface area contributed by atoms with E-state index in [1.807, 2.05) is 39.0 Å². The van der Waals surface area contributed by atoms with Gasteiger partial charge in [0.15, 0.2) is 0 Å². The van der Waals surface area contributed by atoms with Crippen LogP contribution in [0.1, 0.15) is 57.6 Å². The molecule has 27 heavy (non-hydrogen) atoms. The van der Waals surface area contributed by atoms with Crippen LogP contribution >= 0.6 is 0 Å². The van der Waals surface area contributed by atoms with Crippen molar-refractivity contribution in [2.45, 2.75) is 64.8 Å². The van der Waals surface area contributed by atoms with Crippen molar-refractivity contribution in [3.05, 3.63) is 29.3 Å². The number of rotatable bonds is 5. The second-order valence-electron chi connectivity index (χ2n) is 7.65. The number of urea groups is 1. The lowest BCUT2D eigenvalue weighted by Crippen LogP contribution is -2.54. The number of hydrogen-bond donors (Lipinski definition) is 2. The normalized spacial score (nSPS) is 25.0. The molecule has 1 saturated carbocycles. The summed E-state index contributed by atoms with van der Waals surface area (Å²) in [6, 6.07) is 5.50. The zero-order chi connectivity index (χ0) is 19.6. The topological polar surface area (TPSA) is 78.5 Å². The number of imide groups is 1. The molecule has 1 heterocycles. The van der Waals surface area contributed by atoms with E-state index in [-0.39, 0.29) is 24.3 Å². The molecule has 1 saturated heterocycles. The second-order valence-corrected chi connectivity index (χ2v) is 7.65.